The third kappa shape index (κ3) is 3.69. The lowest BCUT2D eigenvalue weighted by Crippen LogP contribution is -2.47. The van der Waals surface area contributed by atoms with E-state index in [1.165, 1.54) is 12.1 Å². The van der Waals surface area contributed by atoms with Crippen molar-refractivity contribution in [2.45, 2.75) is 17.0 Å². The lowest BCUT2D eigenvalue weighted by Gasteiger charge is -2.28. The molecule has 2 atom stereocenters. The summed E-state index contributed by atoms with van der Waals surface area (Å²) in [6, 6.07) is 4.75. The molecule has 1 fully saturated rings. The van der Waals surface area contributed by atoms with Crippen molar-refractivity contribution in [1.82, 2.24) is 4.31 Å². The molecular weight excluding hydrogens is 398 g/mol. The Morgan fingerprint density at radius 2 is 1.82 bits per heavy atom. The van der Waals surface area contributed by atoms with Gasteiger partial charge in [-0.15, -0.1) is 0 Å². The molecule has 0 saturated carbocycles. The second-order valence-electron chi connectivity index (χ2n) is 5.00. The van der Waals surface area contributed by atoms with Crippen molar-refractivity contribution in [2.24, 2.45) is 0 Å². The van der Waals surface area contributed by atoms with E-state index in [0.717, 1.165) is 4.31 Å². The summed E-state index contributed by atoms with van der Waals surface area (Å²) in [6.07, 6.45) is -1.30. The molecule has 1 saturated heterocycles. The fourth-order valence-electron chi connectivity index (χ4n) is 2.39. The molecule has 2 rings (SSSR count). The standard InChI is InChI=1S/C12H16BrNO6S2/c13-9-1-3-10(4-2-9)22(19,20)14(5-6-15)11-7-21(17,18)8-12(11)16/h1-4,11-12,15-16H,5-8H2/t11-,12-/m1/s1. The summed E-state index contributed by atoms with van der Waals surface area (Å²) in [7, 11) is -7.52. The molecule has 0 aliphatic carbocycles. The van der Waals surface area contributed by atoms with Gasteiger partial charge in [0.1, 0.15) is 0 Å². The molecule has 124 valence electrons. The average molecular weight is 414 g/mol. The largest absolute Gasteiger partial charge is 0.395 e. The maximum Gasteiger partial charge on any atom is 0.243 e. The minimum atomic E-state index is -4.02. The first-order valence-electron chi connectivity index (χ1n) is 6.44. The highest BCUT2D eigenvalue weighted by Crippen LogP contribution is 2.26. The highest BCUT2D eigenvalue weighted by Gasteiger charge is 2.44. The maximum atomic E-state index is 12.7. The van der Waals surface area contributed by atoms with Crippen LogP contribution in [0, 0.1) is 0 Å². The number of rotatable bonds is 5. The van der Waals surface area contributed by atoms with E-state index in [0.29, 0.717) is 4.47 Å². The highest BCUT2D eigenvalue weighted by molar-refractivity contribution is 9.10. The molecule has 1 heterocycles. The first-order valence-corrected chi connectivity index (χ1v) is 10.5. The van der Waals surface area contributed by atoms with Crippen molar-refractivity contribution < 1.29 is 27.0 Å². The Morgan fingerprint density at radius 1 is 1.23 bits per heavy atom. The molecule has 2 N–H and O–H groups in total. The van der Waals surface area contributed by atoms with Gasteiger partial charge in [0.15, 0.2) is 9.84 Å². The van der Waals surface area contributed by atoms with Crippen LogP contribution in [0.2, 0.25) is 0 Å². The van der Waals surface area contributed by atoms with Crippen LogP contribution in [-0.2, 0) is 19.9 Å². The lowest BCUT2D eigenvalue weighted by atomic mass is 10.2. The monoisotopic (exact) mass is 413 g/mol. The number of aliphatic hydroxyl groups is 2. The number of sulfone groups is 1. The molecule has 7 nitrogen and oxygen atoms in total. The van der Waals surface area contributed by atoms with Gasteiger partial charge in [0.05, 0.1) is 35.2 Å². The fourth-order valence-corrected chi connectivity index (χ4v) is 6.19. The minimum Gasteiger partial charge on any atom is -0.395 e. The summed E-state index contributed by atoms with van der Waals surface area (Å²) >= 11 is 3.20. The average Bonchev–Trinajstić information content (AvgIpc) is 2.69. The third-order valence-corrected chi connectivity index (χ3v) is 7.57. The van der Waals surface area contributed by atoms with Gasteiger partial charge < -0.3 is 10.2 Å². The van der Waals surface area contributed by atoms with Gasteiger partial charge in [0, 0.05) is 11.0 Å². The second-order valence-corrected chi connectivity index (χ2v) is 9.96. The number of benzene rings is 1. The van der Waals surface area contributed by atoms with Gasteiger partial charge >= 0.3 is 0 Å². The number of hydrogen-bond donors (Lipinski definition) is 2. The van der Waals surface area contributed by atoms with Crippen molar-refractivity contribution in [1.29, 1.82) is 0 Å². The van der Waals surface area contributed by atoms with Crippen LogP contribution < -0.4 is 0 Å². The Kier molecular flexibility index (Phi) is 5.30. The van der Waals surface area contributed by atoms with Crippen LogP contribution in [-0.4, -0.2) is 68.2 Å². The quantitative estimate of drug-likeness (QED) is 0.678. The van der Waals surface area contributed by atoms with E-state index in [2.05, 4.69) is 15.9 Å². The number of sulfonamides is 1. The van der Waals surface area contributed by atoms with Gasteiger partial charge in [-0.1, -0.05) is 15.9 Å². The van der Waals surface area contributed by atoms with Crippen molar-refractivity contribution in [3.8, 4) is 0 Å². The summed E-state index contributed by atoms with van der Waals surface area (Å²) in [5.74, 6) is -0.931. The van der Waals surface area contributed by atoms with Crippen LogP contribution in [0.25, 0.3) is 0 Å². The Bertz CT molecular complexity index is 731. The van der Waals surface area contributed by atoms with Gasteiger partial charge in [0.25, 0.3) is 0 Å². The molecule has 0 bridgehead atoms. The molecule has 0 aromatic heterocycles. The van der Waals surface area contributed by atoms with Crippen molar-refractivity contribution >= 4 is 35.8 Å². The Labute approximate surface area is 137 Å². The topological polar surface area (TPSA) is 112 Å². The Morgan fingerprint density at radius 3 is 2.27 bits per heavy atom. The van der Waals surface area contributed by atoms with Crippen LogP contribution in [0.1, 0.15) is 0 Å². The van der Waals surface area contributed by atoms with Crippen LogP contribution >= 0.6 is 15.9 Å². The van der Waals surface area contributed by atoms with Crippen molar-refractivity contribution in [3.63, 3.8) is 0 Å². The number of nitrogens with zero attached hydrogens (tertiary/aromatic N) is 1. The molecule has 1 aliphatic rings. The molecular formula is C12H16BrNO6S2. The van der Waals surface area contributed by atoms with Crippen molar-refractivity contribution in [3.05, 3.63) is 28.7 Å². The van der Waals surface area contributed by atoms with Gasteiger partial charge in [-0.05, 0) is 24.3 Å². The number of halogens is 1. The van der Waals surface area contributed by atoms with Crippen molar-refractivity contribution in [2.75, 3.05) is 24.7 Å². The summed E-state index contributed by atoms with van der Waals surface area (Å²) in [4.78, 5) is -0.0272. The van der Waals surface area contributed by atoms with Gasteiger partial charge in [-0.3, -0.25) is 0 Å². The zero-order valence-corrected chi connectivity index (χ0v) is 14.7. The second kappa shape index (κ2) is 6.54. The third-order valence-electron chi connectivity index (χ3n) is 3.40. The highest BCUT2D eigenvalue weighted by atomic mass is 79.9. The lowest BCUT2D eigenvalue weighted by molar-refractivity contribution is 0.117. The molecule has 22 heavy (non-hydrogen) atoms. The molecule has 1 aromatic rings. The van der Waals surface area contributed by atoms with Crippen LogP contribution in [0.3, 0.4) is 0 Å². The number of hydrogen-bond acceptors (Lipinski definition) is 6. The molecule has 1 aliphatic heterocycles. The molecule has 0 spiro atoms. The zero-order chi connectivity index (χ0) is 16.5. The smallest absolute Gasteiger partial charge is 0.243 e. The summed E-state index contributed by atoms with van der Waals surface area (Å²) in [5.41, 5.74) is 0. The van der Waals surface area contributed by atoms with Gasteiger partial charge in [-0.25, -0.2) is 16.8 Å². The Balaban J connectivity index is 2.41. The normalized spacial score (nSPS) is 24.7. The van der Waals surface area contributed by atoms with E-state index in [9.17, 15) is 21.9 Å². The van der Waals surface area contributed by atoms with Gasteiger partial charge in [-0.2, -0.15) is 4.31 Å². The summed E-state index contributed by atoms with van der Waals surface area (Å²) < 4.78 is 50.1. The molecule has 10 heteroatoms. The summed E-state index contributed by atoms with van der Waals surface area (Å²) in [5, 5.41) is 19.0. The predicted octanol–water partition coefficient (Wildman–Crippen LogP) is -0.410. The first kappa shape index (κ1) is 17.8. The van der Waals surface area contributed by atoms with E-state index in [1.807, 2.05) is 0 Å². The summed E-state index contributed by atoms with van der Waals surface area (Å²) in [6.45, 7) is -0.755. The minimum absolute atomic E-state index is 0.0272. The van der Waals surface area contributed by atoms with E-state index >= 15 is 0 Å². The Hall–Kier alpha value is -0.520. The fraction of sp³-hybridized carbons (Fsp3) is 0.500. The van der Waals surface area contributed by atoms with Crippen LogP contribution in [0.15, 0.2) is 33.6 Å². The maximum absolute atomic E-state index is 12.7. The first-order chi connectivity index (χ1) is 10.2. The molecule has 1 aromatic carbocycles. The molecule has 0 unspecified atom stereocenters. The molecule has 0 amide bonds. The SMILES string of the molecule is O=S1(=O)C[C@@H](O)[C@H](N(CCO)S(=O)(=O)c2ccc(Br)cc2)C1. The molecule has 0 radical (unpaired) electrons. The van der Waals surface area contributed by atoms with Crippen LogP contribution in [0.5, 0.6) is 0 Å². The number of aliphatic hydroxyl groups excluding tert-OH is 2. The van der Waals surface area contributed by atoms with E-state index in [-0.39, 0.29) is 11.4 Å². The predicted molar refractivity (Wildman–Crippen MR) is 83.6 cm³/mol. The zero-order valence-electron chi connectivity index (χ0n) is 11.5. The van der Waals surface area contributed by atoms with Gasteiger partial charge in [0.2, 0.25) is 10.0 Å². The van der Waals surface area contributed by atoms with E-state index < -0.39 is 50.1 Å². The van der Waals surface area contributed by atoms with E-state index in [4.69, 9.17) is 5.11 Å². The van der Waals surface area contributed by atoms with E-state index in [1.54, 1.807) is 12.1 Å². The van der Waals surface area contributed by atoms with Crippen LogP contribution in [0.4, 0.5) is 0 Å².